The maximum Gasteiger partial charge on any atom is 0.253 e. The van der Waals surface area contributed by atoms with E-state index in [1.165, 1.54) is 0 Å². The number of pyridine rings is 1. The van der Waals surface area contributed by atoms with Gasteiger partial charge in [-0.15, -0.1) is 0 Å². The van der Waals surface area contributed by atoms with Crippen molar-refractivity contribution in [3.05, 3.63) is 64.9 Å². The molecule has 28 heavy (non-hydrogen) atoms. The zero-order valence-electron chi connectivity index (χ0n) is 15.8. The monoisotopic (exact) mass is 397 g/mol. The van der Waals surface area contributed by atoms with Crippen LogP contribution < -0.4 is 10.6 Å². The van der Waals surface area contributed by atoms with E-state index in [4.69, 9.17) is 11.6 Å². The molecule has 2 N–H and O–H groups in total. The lowest BCUT2D eigenvalue weighted by atomic mass is 9.99. The number of fused-ring (bicyclic) bond motifs is 1. The standard InChI is InChI=1S/C22H24ClN3O2/c1-2-19(26-21(27)13-5-7-15(23)8-6-13)20-17-10-16(11-18(17)20)25-22(28)14-4-3-9-24-12-14/h3-9,12,16-20H,2,10-11H2,1H3,(H,25,28)(H,26,27)/t16?,17?,18?,19-,20?/m1/s1. The molecule has 2 amide bonds. The van der Waals surface area contributed by atoms with E-state index in [-0.39, 0.29) is 23.9 Å². The molecule has 0 saturated heterocycles. The van der Waals surface area contributed by atoms with Gasteiger partial charge in [0.15, 0.2) is 0 Å². The van der Waals surface area contributed by atoms with Crippen molar-refractivity contribution in [3.8, 4) is 0 Å². The van der Waals surface area contributed by atoms with Gasteiger partial charge in [-0.3, -0.25) is 14.6 Å². The molecule has 1 heterocycles. The highest BCUT2D eigenvalue weighted by Gasteiger charge is 2.58. The van der Waals surface area contributed by atoms with Crippen LogP contribution in [0, 0.1) is 17.8 Å². The summed E-state index contributed by atoms with van der Waals surface area (Å²) in [6, 6.07) is 10.9. The van der Waals surface area contributed by atoms with Crippen molar-refractivity contribution in [1.29, 1.82) is 0 Å². The first kappa shape index (κ1) is 18.9. The highest BCUT2D eigenvalue weighted by molar-refractivity contribution is 6.30. The van der Waals surface area contributed by atoms with Crippen LogP contribution in [0.5, 0.6) is 0 Å². The Morgan fingerprint density at radius 1 is 1.11 bits per heavy atom. The van der Waals surface area contributed by atoms with E-state index < -0.39 is 0 Å². The van der Waals surface area contributed by atoms with E-state index in [0.717, 1.165) is 19.3 Å². The van der Waals surface area contributed by atoms with Crippen LogP contribution in [0.15, 0.2) is 48.8 Å². The summed E-state index contributed by atoms with van der Waals surface area (Å²) in [5.74, 6) is 1.56. The van der Waals surface area contributed by atoms with Crippen LogP contribution >= 0.6 is 11.6 Å². The molecule has 5 nitrogen and oxygen atoms in total. The third-order valence-electron chi connectivity index (χ3n) is 6.10. The quantitative estimate of drug-likeness (QED) is 0.780. The van der Waals surface area contributed by atoms with Crippen LogP contribution in [-0.2, 0) is 0 Å². The molecule has 2 fully saturated rings. The topological polar surface area (TPSA) is 71.1 Å². The molecule has 2 aromatic rings. The lowest BCUT2D eigenvalue weighted by Crippen LogP contribution is -2.39. The molecule has 0 bridgehead atoms. The summed E-state index contributed by atoms with van der Waals surface area (Å²) in [5, 5.41) is 6.95. The molecule has 0 radical (unpaired) electrons. The van der Waals surface area contributed by atoms with Crippen molar-refractivity contribution >= 4 is 23.4 Å². The Balaban J connectivity index is 1.30. The lowest BCUT2D eigenvalue weighted by Gasteiger charge is -2.22. The van der Waals surface area contributed by atoms with Gasteiger partial charge in [-0.1, -0.05) is 18.5 Å². The number of halogens is 1. The fraction of sp³-hybridized carbons (Fsp3) is 0.409. The van der Waals surface area contributed by atoms with E-state index in [2.05, 4.69) is 22.5 Å². The molecular formula is C22H24ClN3O2. The number of hydrogen-bond acceptors (Lipinski definition) is 3. The first-order chi connectivity index (χ1) is 13.6. The maximum atomic E-state index is 12.5. The number of amides is 2. The highest BCUT2D eigenvalue weighted by atomic mass is 35.5. The smallest absolute Gasteiger partial charge is 0.253 e. The van der Waals surface area contributed by atoms with Crippen LogP contribution in [0.1, 0.15) is 46.9 Å². The van der Waals surface area contributed by atoms with Crippen molar-refractivity contribution in [2.45, 2.75) is 38.3 Å². The van der Waals surface area contributed by atoms with Crippen molar-refractivity contribution in [2.75, 3.05) is 0 Å². The third kappa shape index (κ3) is 3.90. The minimum atomic E-state index is -0.0565. The first-order valence-electron chi connectivity index (χ1n) is 9.84. The van der Waals surface area contributed by atoms with Gasteiger partial charge in [-0.05, 0) is 73.4 Å². The Morgan fingerprint density at radius 2 is 1.82 bits per heavy atom. The second-order valence-corrected chi connectivity index (χ2v) is 8.22. The van der Waals surface area contributed by atoms with Crippen LogP contribution in [0.4, 0.5) is 0 Å². The van der Waals surface area contributed by atoms with Gasteiger partial charge in [-0.25, -0.2) is 0 Å². The van der Waals surface area contributed by atoms with Crippen LogP contribution in [0.2, 0.25) is 5.02 Å². The summed E-state index contributed by atoms with van der Waals surface area (Å²) < 4.78 is 0. The normalized spacial score (nSPS) is 26.2. The number of benzene rings is 1. The summed E-state index contributed by atoms with van der Waals surface area (Å²) in [7, 11) is 0. The van der Waals surface area contributed by atoms with Gasteiger partial charge in [0, 0.05) is 35.1 Å². The molecule has 146 valence electrons. The van der Waals surface area contributed by atoms with E-state index in [0.29, 0.717) is 33.9 Å². The SMILES string of the molecule is CC[C@@H](NC(=O)c1ccc(Cl)cc1)C1C2CC(NC(=O)c3cccnc3)CC21. The number of nitrogens with one attached hydrogen (secondary N) is 2. The number of carbonyl (C=O) groups is 2. The number of carbonyl (C=O) groups excluding carboxylic acids is 2. The lowest BCUT2D eigenvalue weighted by molar-refractivity contribution is 0.0927. The van der Waals surface area contributed by atoms with Crippen molar-refractivity contribution in [3.63, 3.8) is 0 Å². The number of nitrogens with zero attached hydrogens (tertiary/aromatic N) is 1. The molecule has 2 aliphatic rings. The molecule has 2 unspecified atom stereocenters. The van der Waals surface area contributed by atoms with Gasteiger partial charge in [-0.2, -0.15) is 0 Å². The zero-order chi connectivity index (χ0) is 19.7. The Morgan fingerprint density at radius 3 is 2.43 bits per heavy atom. The summed E-state index contributed by atoms with van der Waals surface area (Å²) in [5.41, 5.74) is 1.23. The third-order valence-corrected chi connectivity index (χ3v) is 6.35. The van der Waals surface area contributed by atoms with Gasteiger partial charge < -0.3 is 10.6 Å². The molecule has 0 aliphatic heterocycles. The molecule has 2 saturated carbocycles. The molecule has 1 aromatic carbocycles. The summed E-state index contributed by atoms with van der Waals surface area (Å²) >= 11 is 5.90. The van der Waals surface area contributed by atoms with Crippen molar-refractivity contribution in [2.24, 2.45) is 17.8 Å². The number of aromatic nitrogens is 1. The van der Waals surface area contributed by atoms with E-state index in [1.807, 2.05) is 0 Å². The van der Waals surface area contributed by atoms with Gasteiger partial charge in [0.2, 0.25) is 0 Å². The first-order valence-corrected chi connectivity index (χ1v) is 10.2. The van der Waals surface area contributed by atoms with Crippen molar-refractivity contribution in [1.82, 2.24) is 15.6 Å². The zero-order valence-corrected chi connectivity index (χ0v) is 16.5. The molecule has 2 aliphatic carbocycles. The largest absolute Gasteiger partial charge is 0.349 e. The summed E-state index contributed by atoms with van der Waals surface area (Å²) in [4.78, 5) is 28.8. The number of rotatable bonds is 6. The molecular weight excluding hydrogens is 374 g/mol. The Labute approximate surface area is 169 Å². The van der Waals surface area contributed by atoms with Gasteiger partial charge in [0.1, 0.15) is 0 Å². The second-order valence-electron chi connectivity index (χ2n) is 7.78. The van der Waals surface area contributed by atoms with E-state index in [1.54, 1.807) is 48.8 Å². The summed E-state index contributed by atoms with van der Waals surface area (Å²) in [6.07, 6.45) is 6.12. The average Bonchev–Trinajstić information content (AvgIpc) is 3.20. The molecule has 4 rings (SSSR count). The molecule has 6 heteroatoms. The minimum absolute atomic E-state index is 0.0464. The van der Waals surface area contributed by atoms with E-state index in [9.17, 15) is 9.59 Å². The molecule has 1 aromatic heterocycles. The number of hydrogen-bond donors (Lipinski definition) is 2. The van der Waals surface area contributed by atoms with Gasteiger partial charge in [0.25, 0.3) is 11.8 Å². The highest BCUT2D eigenvalue weighted by Crippen LogP contribution is 2.59. The van der Waals surface area contributed by atoms with Gasteiger partial charge >= 0.3 is 0 Å². The Bertz CT molecular complexity index is 844. The molecule has 3 atom stereocenters. The Kier molecular flexibility index (Phi) is 5.36. The molecule has 0 spiro atoms. The maximum absolute atomic E-state index is 12.5. The van der Waals surface area contributed by atoms with Crippen LogP contribution in [-0.4, -0.2) is 28.9 Å². The predicted octanol–water partition coefficient (Wildman–Crippen LogP) is 3.70. The fourth-order valence-corrected chi connectivity index (χ4v) is 4.82. The Hall–Kier alpha value is -2.40. The predicted molar refractivity (Wildman–Crippen MR) is 108 cm³/mol. The van der Waals surface area contributed by atoms with Gasteiger partial charge in [0.05, 0.1) is 5.56 Å². The minimum Gasteiger partial charge on any atom is -0.349 e. The second kappa shape index (κ2) is 7.92. The van der Waals surface area contributed by atoms with Crippen LogP contribution in [0.3, 0.4) is 0 Å². The van der Waals surface area contributed by atoms with Crippen molar-refractivity contribution < 1.29 is 9.59 Å². The van der Waals surface area contributed by atoms with Crippen LogP contribution in [0.25, 0.3) is 0 Å². The average molecular weight is 398 g/mol. The summed E-state index contributed by atoms with van der Waals surface area (Å²) in [6.45, 7) is 2.11. The van der Waals surface area contributed by atoms with E-state index >= 15 is 0 Å². The fourth-order valence-electron chi connectivity index (χ4n) is 4.70.